The summed E-state index contributed by atoms with van der Waals surface area (Å²) >= 11 is 2.24. The van der Waals surface area contributed by atoms with Gasteiger partial charge in [-0.25, -0.2) is 4.79 Å². The van der Waals surface area contributed by atoms with E-state index in [0.29, 0.717) is 26.4 Å². The summed E-state index contributed by atoms with van der Waals surface area (Å²) < 4.78 is 12.1. The van der Waals surface area contributed by atoms with E-state index in [-0.39, 0.29) is 30.4 Å². The van der Waals surface area contributed by atoms with Crippen molar-refractivity contribution < 1.29 is 19.1 Å². The fourth-order valence-corrected chi connectivity index (χ4v) is 4.71. The monoisotopic (exact) mass is 471 g/mol. The van der Waals surface area contributed by atoms with Gasteiger partial charge < -0.3 is 14.8 Å². The number of carbonyl (C=O) groups excluding carboxylic acids is 2. The largest absolute Gasteiger partial charge is 0.462 e. The van der Waals surface area contributed by atoms with Crippen molar-refractivity contribution in [2.45, 2.75) is 25.6 Å². The zero-order valence-corrected chi connectivity index (χ0v) is 19.4. The van der Waals surface area contributed by atoms with E-state index in [2.05, 4.69) is 15.5 Å². The average molecular weight is 472 g/mol. The van der Waals surface area contributed by atoms with Gasteiger partial charge in [0.1, 0.15) is 22.6 Å². The maximum atomic E-state index is 12.6. The van der Waals surface area contributed by atoms with Crippen molar-refractivity contribution in [1.29, 1.82) is 5.26 Å². The van der Waals surface area contributed by atoms with E-state index in [1.54, 1.807) is 21.0 Å². The van der Waals surface area contributed by atoms with E-state index in [0.717, 1.165) is 17.0 Å². The first-order valence-electron chi connectivity index (χ1n) is 9.62. The van der Waals surface area contributed by atoms with Gasteiger partial charge in [-0.1, -0.05) is 30.0 Å². The first-order valence-corrected chi connectivity index (χ1v) is 11.4. The number of carbonyl (C=O) groups is 2. The van der Waals surface area contributed by atoms with Crippen LogP contribution in [0.15, 0.2) is 35.5 Å². The van der Waals surface area contributed by atoms with Gasteiger partial charge in [0.05, 0.1) is 17.9 Å². The third-order valence-corrected chi connectivity index (χ3v) is 6.41. The maximum Gasteiger partial charge on any atom is 0.348 e. The van der Waals surface area contributed by atoms with Crippen molar-refractivity contribution in [2.24, 2.45) is 0 Å². The molecule has 2 aromatic heterocycles. The zero-order chi connectivity index (χ0) is 23.1. The SMILES string of the molecule is CCOC(=O)c1sc(NC(=O)CSc2nnc(COC)n2-c2ccccc2)c(C#N)c1C. The molecule has 0 aliphatic rings. The summed E-state index contributed by atoms with van der Waals surface area (Å²) in [4.78, 5) is 25.0. The number of rotatable bonds is 9. The van der Waals surface area contributed by atoms with Gasteiger partial charge in [0.15, 0.2) is 11.0 Å². The van der Waals surface area contributed by atoms with Crippen LogP contribution in [0.4, 0.5) is 5.00 Å². The summed E-state index contributed by atoms with van der Waals surface area (Å²) in [6, 6.07) is 11.6. The molecule has 1 N–H and O–H groups in total. The molecule has 1 aromatic carbocycles. The molecule has 0 bridgehead atoms. The minimum atomic E-state index is -0.511. The molecule has 0 aliphatic heterocycles. The number of nitrogens with one attached hydrogen (secondary N) is 1. The fraction of sp³-hybridized carbons (Fsp3) is 0.286. The number of amides is 1. The van der Waals surface area contributed by atoms with Crippen molar-refractivity contribution in [2.75, 3.05) is 24.8 Å². The highest BCUT2D eigenvalue weighted by molar-refractivity contribution is 7.99. The van der Waals surface area contributed by atoms with Gasteiger partial charge in [0.25, 0.3) is 0 Å². The molecule has 0 radical (unpaired) electrons. The van der Waals surface area contributed by atoms with Crippen LogP contribution in [0.2, 0.25) is 0 Å². The minimum absolute atomic E-state index is 0.0362. The molecule has 0 unspecified atom stereocenters. The van der Waals surface area contributed by atoms with Crippen molar-refractivity contribution in [3.8, 4) is 11.8 Å². The minimum Gasteiger partial charge on any atom is -0.462 e. The number of hydrogen-bond donors (Lipinski definition) is 1. The molecule has 0 atom stereocenters. The van der Waals surface area contributed by atoms with Gasteiger partial charge in [0, 0.05) is 12.8 Å². The number of thiophene rings is 1. The van der Waals surface area contributed by atoms with E-state index in [1.807, 2.05) is 41.0 Å². The Hall–Kier alpha value is -3.20. The van der Waals surface area contributed by atoms with Crippen LogP contribution < -0.4 is 5.32 Å². The smallest absolute Gasteiger partial charge is 0.348 e. The molecule has 32 heavy (non-hydrogen) atoms. The topological polar surface area (TPSA) is 119 Å². The summed E-state index contributed by atoms with van der Waals surface area (Å²) in [5.74, 6) is -0.197. The van der Waals surface area contributed by atoms with Crippen LogP contribution in [0, 0.1) is 18.3 Å². The van der Waals surface area contributed by atoms with E-state index in [9.17, 15) is 14.9 Å². The zero-order valence-electron chi connectivity index (χ0n) is 17.7. The van der Waals surface area contributed by atoms with Crippen LogP contribution in [0.1, 0.15) is 33.5 Å². The predicted octanol–water partition coefficient (Wildman–Crippen LogP) is 3.56. The first-order chi connectivity index (χ1) is 15.5. The second-order valence-corrected chi connectivity index (χ2v) is 8.40. The number of para-hydroxylation sites is 1. The molecule has 0 fully saturated rings. The Morgan fingerprint density at radius 1 is 1.28 bits per heavy atom. The summed E-state index contributed by atoms with van der Waals surface area (Å²) in [6.07, 6.45) is 0. The highest BCUT2D eigenvalue weighted by Crippen LogP contribution is 2.33. The Kier molecular flexibility index (Phi) is 7.99. The molecule has 3 rings (SSSR count). The van der Waals surface area contributed by atoms with Crippen LogP contribution in [0.3, 0.4) is 0 Å². The second-order valence-electron chi connectivity index (χ2n) is 6.43. The third-order valence-electron chi connectivity index (χ3n) is 4.29. The third kappa shape index (κ3) is 5.16. The molecular weight excluding hydrogens is 450 g/mol. The Morgan fingerprint density at radius 3 is 2.69 bits per heavy atom. The van der Waals surface area contributed by atoms with Crippen LogP contribution in [-0.4, -0.2) is 46.1 Å². The van der Waals surface area contributed by atoms with E-state index >= 15 is 0 Å². The maximum absolute atomic E-state index is 12.6. The lowest BCUT2D eigenvalue weighted by Crippen LogP contribution is -2.14. The average Bonchev–Trinajstić information content (AvgIpc) is 3.33. The second kappa shape index (κ2) is 10.9. The Morgan fingerprint density at radius 2 is 2.03 bits per heavy atom. The van der Waals surface area contributed by atoms with Crippen molar-refractivity contribution in [1.82, 2.24) is 14.8 Å². The fourth-order valence-electron chi connectivity index (χ4n) is 2.87. The number of hydrogen-bond acceptors (Lipinski definition) is 9. The highest BCUT2D eigenvalue weighted by atomic mass is 32.2. The highest BCUT2D eigenvalue weighted by Gasteiger charge is 2.23. The number of nitriles is 1. The van der Waals surface area contributed by atoms with Crippen LogP contribution in [-0.2, 0) is 20.9 Å². The summed E-state index contributed by atoms with van der Waals surface area (Å²) in [7, 11) is 1.57. The molecule has 0 saturated carbocycles. The summed E-state index contributed by atoms with van der Waals surface area (Å²) in [5, 5.41) is 21.4. The summed E-state index contributed by atoms with van der Waals surface area (Å²) in [5.41, 5.74) is 1.60. The Labute approximate surface area is 193 Å². The van der Waals surface area contributed by atoms with Crippen molar-refractivity contribution in [3.05, 3.63) is 52.2 Å². The molecule has 0 saturated heterocycles. The number of methoxy groups -OCH3 is 1. The van der Waals surface area contributed by atoms with Crippen LogP contribution >= 0.6 is 23.1 Å². The van der Waals surface area contributed by atoms with Crippen LogP contribution in [0.5, 0.6) is 0 Å². The number of ether oxygens (including phenoxy) is 2. The van der Waals surface area contributed by atoms with E-state index in [4.69, 9.17) is 9.47 Å². The molecule has 0 spiro atoms. The van der Waals surface area contributed by atoms with Crippen molar-refractivity contribution in [3.63, 3.8) is 0 Å². The molecule has 3 aromatic rings. The van der Waals surface area contributed by atoms with Gasteiger partial charge in [0.2, 0.25) is 5.91 Å². The summed E-state index contributed by atoms with van der Waals surface area (Å²) in [6.45, 7) is 3.86. The lowest BCUT2D eigenvalue weighted by molar-refractivity contribution is -0.113. The Balaban J connectivity index is 1.76. The van der Waals surface area contributed by atoms with Gasteiger partial charge in [-0.15, -0.1) is 21.5 Å². The number of nitrogens with zero attached hydrogens (tertiary/aromatic N) is 4. The standard InChI is InChI=1S/C21H21N5O4S2/c1-4-30-20(28)18-13(2)15(10-22)19(32-18)23-17(27)12-31-21-25-24-16(11-29-3)26(21)14-8-6-5-7-9-14/h5-9H,4,11-12H2,1-3H3,(H,23,27). The normalized spacial score (nSPS) is 10.6. The molecular formula is C21H21N5O4S2. The predicted molar refractivity (Wildman–Crippen MR) is 121 cm³/mol. The van der Waals surface area contributed by atoms with Gasteiger partial charge in [-0.3, -0.25) is 9.36 Å². The van der Waals surface area contributed by atoms with Crippen molar-refractivity contribution >= 4 is 40.0 Å². The Bertz CT molecular complexity index is 1150. The number of esters is 1. The van der Waals surface area contributed by atoms with Crippen LogP contribution in [0.25, 0.3) is 5.69 Å². The molecule has 2 heterocycles. The molecule has 1 amide bonds. The van der Waals surface area contributed by atoms with Gasteiger partial charge in [-0.05, 0) is 31.5 Å². The lowest BCUT2D eigenvalue weighted by Gasteiger charge is -2.09. The first kappa shape index (κ1) is 23.5. The molecule has 11 heteroatoms. The number of aromatic nitrogens is 3. The number of thioether (sulfide) groups is 1. The lowest BCUT2D eigenvalue weighted by atomic mass is 10.2. The molecule has 166 valence electrons. The van der Waals surface area contributed by atoms with E-state index < -0.39 is 5.97 Å². The number of benzene rings is 1. The van der Waals surface area contributed by atoms with Gasteiger partial charge >= 0.3 is 5.97 Å². The molecule has 9 nitrogen and oxygen atoms in total. The quantitative estimate of drug-likeness (QED) is 0.372. The number of anilines is 1. The molecule has 0 aliphatic carbocycles. The van der Waals surface area contributed by atoms with Gasteiger partial charge in [-0.2, -0.15) is 5.26 Å². The van der Waals surface area contributed by atoms with E-state index in [1.165, 1.54) is 11.8 Å².